The number of aryl methyl sites for hydroxylation is 2. The molecule has 0 saturated carbocycles. The van der Waals surface area contributed by atoms with Crippen molar-refractivity contribution in [3.8, 4) is 0 Å². The molecule has 0 aliphatic rings. The molecule has 0 aliphatic heterocycles. The van der Waals surface area contributed by atoms with E-state index in [-0.39, 0.29) is 34.5 Å². The van der Waals surface area contributed by atoms with Gasteiger partial charge in [0, 0.05) is 53.9 Å². The van der Waals surface area contributed by atoms with E-state index in [1.54, 1.807) is 25.1 Å². The van der Waals surface area contributed by atoms with Crippen LogP contribution in [0.3, 0.4) is 0 Å². The molecule has 0 aliphatic carbocycles. The molecule has 32 heavy (non-hydrogen) atoms. The molecule has 0 bridgehead atoms. The third kappa shape index (κ3) is 5.51. The van der Waals surface area contributed by atoms with Gasteiger partial charge in [0.1, 0.15) is 11.6 Å². The molecule has 9 heteroatoms. The highest BCUT2D eigenvalue weighted by molar-refractivity contribution is 7.85. The summed E-state index contributed by atoms with van der Waals surface area (Å²) in [6.07, 6.45) is 1.28. The predicted molar refractivity (Wildman–Crippen MR) is 119 cm³/mol. The molecule has 1 radical (unpaired) electrons. The Kier molecular flexibility index (Phi) is 6.97. The maximum absolute atomic E-state index is 14.6. The molecule has 6 nitrogen and oxygen atoms in total. The number of Topliss-reactive ketones (excluding diaryl/α,β-unsaturated/α-hetero) is 1. The Morgan fingerprint density at radius 2 is 1.94 bits per heavy atom. The average Bonchev–Trinajstić information content (AvgIpc) is 2.69. The smallest absolute Gasteiger partial charge is 0.269 e. The third-order valence-electron chi connectivity index (χ3n) is 5.19. The van der Waals surface area contributed by atoms with Gasteiger partial charge < -0.3 is 4.57 Å². The van der Waals surface area contributed by atoms with Crippen molar-refractivity contribution < 1.29 is 22.2 Å². The fourth-order valence-corrected chi connectivity index (χ4v) is 4.54. The van der Waals surface area contributed by atoms with Crippen LogP contribution < -0.4 is 5.56 Å². The summed E-state index contributed by atoms with van der Waals surface area (Å²) in [5, 5.41) is 0.472. The molecule has 0 fully saturated rings. The summed E-state index contributed by atoms with van der Waals surface area (Å²) in [6, 6.07) is 12.8. The van der Waals surface area contributed by atoms with Crippen LogP contribution in [0.4, 0.5) is 4.39 Å². The minimum atomic E-state index is -4.55. The van der Waals surface area contributed by atoms with Crippen molar-refractivity contribution in [2.24, 2.45) is 7.05 Å². The Hall–Kier alpha value is -2.81. The number of hydrogen-bond acceptors (Lipinski definition) is 4. The topological polar surface area (TPSA) is 93.4 Å². The predicted octanol–water partition coefficient (Wildman–Crippen LogP) is 4.08. The molecular formula is C23H20ClFNO5S. The number of rotatable bonds is 7. The molecule has 1 atom stereocenters. The zero-order chi connectivity index (χ0) is 23.6. The first-order valence-corrected chi connectivity index (χ1v) is 11.5. The van der Waals surface area contributed by atoms with E-state index in [0.29, 0.717) is 10.6 Å². The second-order valence-electron chi connectivity index (χ2n) is 7.50. The lowest BCUT2D eigenvalue weighted by atomic mass is 9.82. The normalized spacial score (nSPS) is 12.5. The maximum Gasteiger partial charge on any atom is 0.269 e. The summed E-state index contributed by atoms with van der Waals surface area (Å²) in [4.78, 5) is 24.8. The van der Waals surface area contributed by atoms with Gasteiger partial charge in [0.2, 0.25) is 5.56 Å². The van der Waals surface area contributed by atoms with Gasteiger partial charge in [-0.15, -0.1) is 0 Å². The number of carbonyl (C=O) groups is 1. The van der Waals surface area contributed by atoms with Crippen molar-refractivity contribution >= 4 is 27.5 Å². The van der Waals surface area contributed by atoms with E-state index in [0.717, 1.165) is 5.56 Å². The molecule has 1 aromatic heterocycles. The first-order chi connectivity index (χ1) is 15.0. The van der Waals surface area contributed by atoms with Crippen LogP contribution in [0.15, 0.2) is 53.5 Å². The zero-order valence-electron chi connectivity index (χ0n) is 17.3. The fraction of sp³-hybridized carbons (Fsp3) is 0.217. The Morgan fingerprint density at radius 1 is 1.22 bits per heavy atom. The fourth-order valence-electron chi connectivity index (χ4n) is 3.65. The highest BCUT2D eigenvalue weighted by atomic mass is 35.5. The largest absolute Gasteiger partial charge is 0.318 e. The lowest BCUT2D eigenvalue weighted by Gasteiger charge is -2.23. The van der Waals surface area contributed by atoms with E-state index in [1.807, 2.05) is 0 Å². The van der Waals surface area contributed by atoms with Gasteiger partial charge in [-0.25, -0.2) is 4.39 Å². The zero-order valence-corrected chi connectivity index (χ0v) is 18.9. The van der Waals surface area contributed by atoms with Gasteiger partial charge in [-0.3, -0.25) is 14.1 Å². The van der Waals surface area contributed by atoms with Crippen LogP contribution >= 0.6 is 11.6 Å². The number of benzene rings is 2. The third-order valence-corrected chi connectivity index (χ3v) is 6.08. The SMILES string of the molecule is Cc1cc(Cl)ccc1C(CC(=O)c1ccc(=O)n(C)c1)c1cc[c]c(F)c1CS(=O)(=O)O. The van der Waals surface area contributed by atoms with Crippen molar-refractivity contribution in [3.05, 3.63) is 104 Å². The highest BCUT2D eigenvalue weighted by Crippen LogP contribution is 2.36. The monoisotopic (exact) mass is 476 g/mol. The van der Waals surface area contributed by atoms with Gasteiger partial charge in [-0.05, 0) is 41.8 Å². The number of carbonyl (C=O) groups excluding carboxylic acids is 1. The van der Waals surface area contributed by atoms with Crippen molar-refractivity contribution in [3.63, 3.8) is 0 Å². The van der Waals surface area contributed by atoms with Gasteiger partial charge in [-0.1, -0.05) is 29.8 Å². The van der Waals surface area contributed by atoms with E-state index in [1.165, 1.54) is 42.1 Å². The van der Waals surface area contributed by atoms with Crippen LogP contribution in [0, 0.1) is 18.8 Å². The van der Waals surface area contributed by atoms with Crippen molar-refractivity contribution in [1.29, 1.82) is 0 Å². The van der Waals surface area contributed by atoms with Crippen LogP contribution in [-0.4, -0.2) is 23.3 Å². The number of ketones is 1. The van der Waals surface area contributed by atoms with Gasteiger partial charge >= 0.3 is 0 Å². The van der Waals surface area contributed by atoms with E-state index >= 15 is 0 Å². The minimum absolute atomic E-state index is 0.136. The summed E-state index contributed by atoms with van der Waals surface area (Å²) in [7, 11) is -3.03. The van der Waals surface area contributed by atoms with Gasteiger partial charge in [0.15, 0.2) is 5.78 Å². The molecule has 3 rings (SSSR count). The van der Waals surface area contributed by atoms with Crippen LogP contribution in [0.25, 0.3) is 0 Å². The molecule has 1 heterocycles. The summed E-state index contributed by atoms with van der Waals surface area (Å²) >= 11 is 6.07. The van der Waals surface area contributed by atoms with Crippen molar-refractivity contribution in [1.82, 2.24) is 4.57 Å². The lowest BCUT2D eigenvalue weighted by molar-refractivity contribution is 0.0976. The van der Waals surface area contributed by atoms with Crippen molar-refractivity contribution in [2.75, 3.05) is 0 Å². The van der Waals surface area contributed by atoms with Gasteiger partial charge in [0.05, 0.1) is 0 Å². The van der Waals surface area contributed by atoms with E-state index < -0.39 is 27.6 Å². The molecule has 0 saturated heterocycles. The first kappa shape index (κ1) is 23.8. The quantitative estimate of drug-likeness (QED) is 0.409. The average molecular weight is 477 g/mol. The molecular weight excluding hydrogens is 457 g/mol. The molecule has 0 spiro atoms. The molecule has 3 aromatic rings. The molecule has 1 N–H and O–H groups in total. The number of pyridine rings is 1. The standard InChI is InChI=1S/C23H20ClFNO5S/c1-14-10-16(24)7-8-17(14)19(11-22(27)15-6-9-23(28)26(2)12-15)18-4-3-5-21(25)20(18)13-32(29,30)31/h3-4,6-10,12,19H,11,13H2,1-2H3,(H,29,30,31). The Labute approximate surface area is 190 Å². The van der Waals surface area contributed by atoms with Gasteiger partial charge in [0.25, 0.3) is 10.1 Å². The molecule has 2 aromatic carbocycles. The lowest BCUT2D eigenvalue weighted by Crippen LogP contribution is -2.18. The number of halogens is 2. The van der Waals surface area contributed by atoms with Crippen LogP contribution in [0.5, 0.6) is 0 Å². The van der Waals surface area contributed by atoms with Crippen LogP contribution in [-0.2, 0) is 22.9 Å². The summed E-state index contributed by atoms with van der Waals surface area (Å²) in [5.74, 6) is -2.95. The van der Waals surface area contributed by atoms with E-state index in [4.69, 9.17) is 11.6 Å². The van der Waals surface area contributed by atoms with E-state index in [9.17, 15) is 27.0 Å². The van der Waals surface area contributed by atoms with Crippen molar-refractivity contribution in [2.45, 2.75) is 25.0 Å². The Morgan fingerprint density at radius 3 is 2.56 bits per heavy atom. The van der Waals surface area contributed by atoms with Crippen LogP contribution in [0.1, 0.15) is 45.0 Å². The summed E-state index contributed by atoms with van der Waals surface area (Å²) in [6.45, 7) is 1.78. The molecule has 167 valence electrons. The highest BCUT2D eigenvalue weighted by Gasteiger charge is 2.26. The summed E-state index contributed by atoms with van der Waals surface area (Å²) < 4.78 is 48.3. The Bertz CT molecular complexity index is 1350. The van der Waals surface area contributed by atoms with Crippen LogP contribution in [0.2, 0.25) is 5.02 Å². The maximum atomic E-state index is 14.6. The molecule has 1 unspecified atom stereocenters. The first-order valence-electron chi connectivity index (χ1n) is 9.56. The number of nitrogens with zero attached hydrogens (tertiary/aromatic N) is 1. The second kappa shape index (κ2) is 9.36. The van der Waals surface area contributed by atoms with E-state index in [2.05, 4.69) is 6.07 Å². The van der Waals surface area contributed by atoms with Gasteiger partial charge in [-0.2, -0.15) is 8.42 Å². The second-order valence-corrected chi connectivity index (χ2v) is 9.39. The molecule has 0 amide bonds. The Balaban J connectivity index is 2.16. The number of hydrogen-bond donors (Lipinski definition) is 1. The number of aromatic nitrogens is 1. The summed E-state index contributed by atoms with van der Waals surface area (Å²) in [5.41, 5.74) is 1.35. The minimum Gasteiger partial charge on any atom is -0.318 e.